The molecule has 0 bridgehead atoms. The second-order valence-corrected chi connectivity index (χ2v) is 12.7. The molecule has 3 aliphatic rings. The molecular formula is C33H42N4O14. The Morgan fingerprint density at radius 2 is 1.63 bits per heavy atom. The van der Waals surface area contributed by atoms with Crippen molar-refractivity contribution < 1.29 is 69.6 Å². The van der Waals surface area contributed by atoms with Crippen molar-refractivity contribution in [2.45, 2.75) is 55.9 Å². The molecule has 1 aromatic rings. The van der Waals surface area contributed by atoms with E-state index in [1.165, 1.54) is 44.1 Å². The van der Waals surface area contributed by atoms with Gasteiger partial charge in [0, 0.05) is 29.6 Å². The number of aromatic hydroxyl groups is 1. The number of nitrogens with zero attached hydrogens (tertiary/aromatic N) is 1. The number of rotatable bonds is 12. The van der Waals surface area contributed by atoms with E-state index in [4.69, 9.17) is 15.9 Å². The van der Waals surface area contributed by atoms with E-state index >= 15 is 0 Å². The van der Waals surface area contributed by atoms with Gasteiger partial charge in [0.2, 0.25) is 5.78 Å². The summed E-state index contributed by atoms with van der Waals surface area (Å²) in [5.41, 5.74) is -0.669. The number of fused-ring (bicyclic) bond motifs is 3. The maximum absolute atomic E-state index is 14.1. The van der Waals surface area contributed by atoms with Gasteiger partial charge in [-0.3, -0.25) is 29.4 Å². The average Bonchev–Trinajstić information content (AvgIpc) is 3.03. The van der Waals surface area contributed by atoms with E-state index in [1.54, 1.807) is 0 Å². The lowest BCUT2D eigenvalue weighted by Crippen LogP contribution is -2.67. The molecule has 1 aromatic carbocycles. The monoisotopic (exact) mass is 718 g/mol. The molecule has 18 heteroatoms. The van der Waals surface area contributed by atoms with Crippen LogP contribution in [-0.4, -0.2) is 126 Å². The Morgan fingerprint density at radius 1 is 1.02 bits per heavy atom. The third kappa shape index (κ3) is 7.79. The number of hydrogen-bond donors (Lipinski definition) is 11. The Hall–Kier alpha value is -5.14. The molecule has 1 amide bonds. The summed E-state index contributed by atoms with van der Waals surface area (Å²) >= 11 is 0. The van der Waals surface area contributed by atoms with Gasteiger partial charge in [-0.1, -0.05) is 18.6 Å². The van der Waals surface area contributed by atoms with Gasteiger partial charge in [0.1, 0.15) is 28.9 Å². The van der Waals surface area contributed by atoms with Crippen LogP contribution in [0.4, 0.5) is 0 Å². The number of phenols is 1. The van der Waals surface area contributed by atoms with Crippen LogP contribution < -0.4 is 16.4 Å². The Labute approximate surface area is 291 Å². The van der Waals surface area contributed by atoms with Gasteiger partial charge in [-0.25, -0.2) is 9.59 Å². The standard InChI is InChI=1S/C29H38N4O10.C4H4O4/c1-28(42)13-7-6-9-17(34)18(13)22(35)19-14(28)11-15-21(33(2)3)23(36)20(25(38)29(15,43)24(19)37)26(39)32-12-31-16(27(40)41)8-4-5-10-30;5-3(6)1-2-4(7)8/h6-7,9,14-16,21,31,34-35,38,42-43H,4-5,8,10-12,30H2,1-3H3,(H,32,39)(H,40,41);1-2H,(H,5,6)(H,7,8)/b;2-1-/t14?,15-,16-,21-,28+,29-;/m0./s1. The smallest absolute Gasteiger partial charge is 0.328 e. The number of ketones is 2. The molecule has 4 rings (SSSR count). The fourth-order valence-corrected chi connectivity index (χ4v) is 6.77. The highest BCUT2D eigenvalue weighted by Gasteiger charge is 2.66. The Kier molecular flexibility index (Phi) is 12.5. The fraction of sp³-hybridized carbons (Fsp3) is 0.455. The van der Waals surface area contributed by atoms with Crippen molar-refractivity contribution in [3.8, 4) is 5.75 Å². The van der Waals surface area contributed by atoms with Crippen molar-refractivity contribution in [2.75, 3.05) is 27.3 Å². The third-order valence-corrected chi connectivity index (χ3v) is 9.21. The predicted molar refractivity (Wildman–Crippen MR) is 176 cm³/mol. The number of unbranched alkanes of at least 4 members (excludes halogenated alkanes) is 1. The summed E-state index contributed by atoms with van der Waals surface area (Å²) in [6, 6.07) is 1.83. The Bertz CT molecular complexity index is 1680. The Balaban J connectivity index is 0.000000783. The molecule has 0 saturated heterocycles. The summed E-state index contributed by atoms with van der Waals surface area (Å²) in [6.45, 7) is 1.35. The molecule has 1 unspecified atom stereocenters. The first-order valence-corrected chi connectivity index (χ1v) is 15.7. The lowest BCUT2D eigenvalue weighted by molar-refractivity contribution is -0.159. The highest BCUT2D eigenvalue weighted by atomic mass is 16.4. The first-order chi connectivity index (χ1) is 23.7. The number of amides is 1. The van der Waals surface area contributed by atoms with E-state index in [9.17, 15) is 59.4 Å². The number of nitrogens with one attached hydrogen (secondary N) is 2. The van der Waals surface area contributed by atoms with E-state index in [-0.39, 0.29) is 24.0 Å². The SMILES string of the molecule is CN(C)[C@@H]1C(=O)C(C(=O)NCN[C@@H](CCCCN)C(=O)O)=C(O)[C@@]2(O)C(=O)C3=C(O)c4c(O)cccc4[C@@](C)(O)C3C[C@@H]12.O=C(O)/C=C\C(=O)O. The number of nitrogens with two attached hydrogens (primary N) is 1. The number of carbonyl (C=O) groups is 6. The van der Waals surface area contributed by atoms with Crippen LogP contribution in [0.1, 0.15) is 43.7 Å². The molecule has 51 heavy (non-hydrogen) atoms. The lowest BCUT2D eigenvalue weighted by atomic mass is 9.54. The van der Waals surface area contributed by atoms with Crippen LogP contribution in [0.5, 0.6) is 5.75 Å². The first kappa shape index (κ1) is 40.3. The third-order valence-electron chi connectivity index (χ3n) is 9.21. The van der Waals surface area contributed by atoms with E-state index in [2.05, 4.69) is 10.6 Å². The van der Waals surface area contributed by atoms with Crippen molar-refractivity contribution in [3.05, 3.63) is 58.4 Å². The molecular weight excluding hydrogens is 676 g/mol. The van der Waals surface area contributed by atoms with Crippen LogP contribution in [0.25, 0.3) is 5.76 Å². The van der Waals surface area contributed by atoms with Gasteiger partial charge in [-0.15, -0.1) is 0 Å². The first-order valence-electron chi connectivity index (χ1n) is 15.7. The lowest BCUT2D eigenvalue weighted by Gasteiger charge is -2.53. The zero-order valence-corrected chi connectivity index (χ0v) is 28.0. The van der Waals surface area contributed by atoms with Crippen LogP contribution in [0.2, 0.25) is 0 Å². The summed E-state index contributed by atoms with van der Waals surface area (Å²) in [5, 5.41) is 86.5. The largest absolute Gasteiger partial charge is 0.508 e. The van der Waals surface area contributed by atoms with Gasteiger partial charge in [-0.05, 0) is 58.5 Å². The number of likely N-dealkylation sites (N-methyl/N-ethyl adjacent to an activating group) is 1. The van der Waals surface area contributed by atoms with Crippen molar-refractivity contribution in [1.82, 2.24) is 15.5 Å². The number of aliphatic hydroxyl groups is 4. The molecule has 0 radical (unpaired) electrons. The molecule has 0 aliphatic heterocycles. The van der Waals surface area contributed by atoms with Gasteiger partial charge < -0.3 is 51.9 Å². The van der Waals surface area contributed by atoms with E-state index in [0.717, 1.165) is 0 Å². The van der Waals surface area contributed by atoms with Crippen molar-refractivity contribution in [2.24, 2.45) is 17.6 Å². The number of aliphatic hydroxyl groups excluding tert-OH is 2. The normalized spacial score (nSPS) is 26.1. The molecule has 278 valence electrons. The summed E-state index contributed by atoms with van der Waals surface area (Å²) in [6.07, 6.45) is 2.18. The van der Waals surface area contributed by atoms with Crippen molar-refractivity contribution in [3.63, 3.8) is 0 Å². The van der Waals surface area contributed by atoms with Gasteiger partial charge in [0.25, 0.3) is 5.91 Å². The fourth-order valence-electron chi connectivity index (χ4n) is 6.77. The number of carbonyl (C=O) groups excluding carboxylic acids is 3. The predicted octanol–water partition coefficient (Wildman–Crippen LogP) is -0.899. The highest BCUT2D eigenvalue weighted by Crippen LogP contribution is 2.57. The highest BCUT2D eigenvalue weighted by molar-refractivity contribution is 6.25. The second kappa shape index (κ2) is 15.8. The number of Topliss-reactive ketones (excluding diaryl/α,β-unsaturated/α-hetero) is 2. The quantitative estimate of drug-likeness (QED) is 0.0540. The second-order valence-electron chi connectivity index (χ2n) is 12.7. The van der Waals surface area contributed by atoms with Crippen LogP contribution >= 0.6 is 0 Å². The molecule has 0 spiro atoms. The molecule has 0 aromatic heterocycles. The molecule has 6 atom stereocenters. The molecule has 1 saturated carbocycles. The number of carboxylic acid groups (broad SMARTS) is 3. The minimum absolute atomic E-state index is 0.135. The number of phenolic OH excluding ortho intramolecular Hbond substituents is 1. The minimum atomic E-state index is -2.85. The molecule has 1 fully saturated rings. The van der Waals surface area contributed by atoms with Crippen LogP contribution in [0.15, 0.2) is 47.3 Å². The average molecular weight is 719 g/mol. The number of aliphatic carboxylic acids is 3. The summed E-state index contributed by atoms with van der Waals surface area (Å²) < 4.78 is 0. The Morgan fingerprint density at radius 3 is 2.16 bits per heavy atom. The summed E-state index contributed by atoms with van der Waals surface area (Å²) in [7, 11) is 2.97. The number of hydrogen-bond acceptors (Lipinski definition) is 14. The van der Waals surface area contributed by atoms with Crippen LogP contribution in [-0.2, 0) is 34.4 Å². The maximum atomic E-state index is 14.1. The molecule has 12 N–H and O–H groups in total. The topological polar surface area (TPSA) is 318 Å². The van der Waals surface area contributed by atoms with E-state index in [0.29, 0.717) is 31.5 Å². The van der Waals surface area contributed by atoms with Crippen molar-refractivity contribution >= 4 is 41.1 Å². The van der Waals surface area contributed by atoms with Crippen molar-refractivity contribution in [1.29, 1.82) is 0 Å². The molecule has 3 aliphatic carbocycles. The number of carboxylic acids is 3. The minimum Gasteiger partial charge on any atom is -0.508 e. The zero-order valence-electron chi connectivity index (χ0n) is 28.0. The zero-order chi connectivity index (χ0) is 38.6. The molecule has 18 nitrogen and oxygen atoms in total. The maximum Gasteiger partial charge on any atom is 0.328 e. The van der Waals surface area contributed by atoms with Gasteiger partial charge in [0.05, 0.1) is 23.9 Å². The number of benzene rings is 1. The van der Waals surface area contributed by atoms with Crippen LogP contribution in [0.3, 0.4) is 0 Å². The van der Waals surface area contributed by atoms with Gasteiger partial charge in [-0.2, -0.15) is 0 Å². The van der Waals surface area contributed by atoms with E-state index < -0.39 is 106 Å². The van der Waals surface area contributed by atoms with Crippen LogP contribution in [0, 0.1) is 11.8 Å². The molecule has 0 heterocycles. The van der Waals surface area contributed by atoms with Gasteiger partial charge >= 0.3 is 17.9 Å². The summed E-state index contributed by atoms with van der Waals surface area (Å²) in [4.78, 5) is 73.1. The summed E-state index contributed by atoms with van der Waals surface area (Å²) in [5.74, 6) is -11.8. The van der Waals surface area contributed by atoms with Gasteiger partial charge in [0.15, 0.2) is 11.4 Å². The van der Waals surface area contributed by atoms with E-state index in [1.807, 2.05) is 0 Å².